The number of carbonyl (C=O) groups is 2. The third-order valence-corrected chi connectivity index (χ3v) is 6.41. The molecule has 0 aliphatic heterocycles. The Hall–Kier alpha value is -3.12. The normalized spacial score (nSPS) is 10.8. The monoisotopic (exact) mass is 450 g/mol. The molecule has 0 aliphatic carbocycles. The number of methoxy groups -OCH3 is 1. The van der Waals surface area contributed by atoms with Gasteiger partial charge < -0.3 is 14.5 Å². The van der Waals surface area contributed by atoms with Gasteiger partial charge in [-0.25, -0.2) is 0 Å². The SMILES string of the molecule is COc1ccccc1C(=O)N(CC(=O)N(Cc1ccccc1)Cc1sccc1C)C(C)C. The van der Waals surface area contributed by atoms with Crippen LogP contribution < -0.4 is 4.74 Å². The Morgan fingerprint density at radius 2 is 1.66 bits per heavy atom. The highest BCUT2D eigenvalue weighted by molar-refractivity contribution is 7.10. The van der Waals surface area contributed by atoms with Gasteiger partial charge in [0.1, 0.15) is 12.3 Å². The number of hydrogen-bond acceptors (Lipinski definition) is 4. The van der Waals surface area contributed by atoms with Gasteiger partial charge in [-0.2, -0.15) is 0 Å². The quantitative estimate of drug-likeness (QED) is 0.453. The summed E-state index contributed by atoms with van der Waals surface area (Å²) in [5, 5.41) is 2.04. The van der Waals surface area contributed by atoms with E-state index in [2.05, 4.69) is 13.0 Å². The number of thiophene rings is 1. The molecule has 5 nitrogen and oxygen atoms in total. The zero-order valence-electron chi connectivity index (χ0n) is 19.1. The highest BCUT2D eigenvalue weighted by atomic mass is 32.1. The second-order valence-electron chi connectivity index (χ2n) is 7.99. The Kier molecular flexibility index (Phi) is 8.06. The number of aryl methyl sites for hydroxylation is 1. The lowest BCUT2D eigenvalue weighted by Gasteiger charge is -2.30. The molecule has 168 valence electrons. The van der Waals surface area contributed by atoms with Gasteiger partial charge in [-0.05, 0) is 55.5 Å². The average Bonchev–Trinajstić information content (AvgIpc) is 3.21. The number of amides is 2. The van der Waals surface area contributed by atoms with Gasteiger partial charge >= 0.3 is 0 Å². The molecule has 0 aliphatic rings. The molecule has 1 heterocycles. The van der Waals surface area contributed by atoms with Crippen molar-refractivity contribution in [2.24, 2.45) is 0 Å². The zero-order valence-corrected chi connectivity index (χ0v) is 19.9. The van der Waals surface area contributed by atoms with E-state index in [1.54, 1.807) is 41.5 Å². The van der Waals surface area contributed by atoms with Gasteiger partial charge in [-0.1, -0.05) is 42.5 Å². The van der Waals surface area contributed by atoms with E-state index in [0.717, 1.165) is 10.4 Å². The molecule has 2 aromatic carbocycles. The first kappa shape index (κ1) is 23.5. The summed E-state index contributed by atoms with van der Waals surface area (Å²) in [7, 11) is 1.54. The predicted octanol–water partition coefficient (Wildman–Crippen LogP) is 5.14. The molecule has 0 saturated carbocycles. The molecule has 2 amide bonds. The fraction of sp³-hybridized carbons (Fsp3) is 0.308. The van der Waals surface area contributed by atoms with Crippen LogP contribution in [0.3, 0.4) is 0 Å². The molecule has 0 N–H and O–H groups in total. The lowest BCUT2D eigenvalue weighted by molar-refractivity contribution is -0.133. The van der Waals surface area contributed by atoms with Gasteiger partial charge in [0, 0.05) is 17.5 Å². The summed E-state index contributed by atoms with van der Waals surface area (Å²) in [6.07, 6.45) is 0. The second-order valence-corrected chi connectivity index (χ2v) is 8.99. The summed E-state index contributed by atoms with van der Waals surface area (Å²) in [5.74, 6) is 0.210. The van der Waals surface area contributed by atoms with Gasteiger partial charge in [-0.15, -0.1) is 11.3 Å². The molecular weight excluding hydrogens is 420 g/mol. The first-order valence-electron chi connectivity index (χ1n) is 10.7. The molecule has 0 unspecified atom stereocenters. The number of benzene rings is 2. The number of ether oxygens (including phenoxy) is 1. The van der Waals surface area contributed by atoms with Gasteiger partial charge in [-0.3, -0.25) is 9.59 Å². The van der Waals surface area contributed by atoms with E-state index in [9.17, 15) is 9.59 Å². The van der Waals surface area contributed by atoms with Crippen molar-refractivity contribution in [2.45, 2.75) is 39.9 Å². The maximum absolute atomic E-state index is 13.5. The Bertz CT molecular complexity index is 1050. The molecule has 1 aromatic heterocycles. The van der Waals surface area contributed by atoms with Crippen LogP contribution >= 0.6 is 11.3 Å². The van der Waals surface area contributed by atoms with Crippen molar-refractivity contribution >= 4 is 23.2 Å². The van der Waals surface area contributed by atoms with E-state index in [4.69, 9.17) is 4.74 Å². The van der Waals surface area contributed by atoms with Crippen molar-refractivity contribution in [3.63, 3.8) is 0 Å². The van der Waals surface area contributed by atoms with E-state index in [1.807, 2.05) is 60.5 Å². The number of carbonyl (C=O) groups excluding carboxylic acids is 2. The Labute approximate surface area is 194 Å². The highest BCUT2D eigenvalue weighted by Gasteiger charge is 2.26. The Morgan fingerprint density at radius 1 is 0.969 bits per heavy atom. The summed E-state index contributed by atoms with van der Waals surface area (Å²) in [5.41, 5.74) is 2.69. The first-order valence-corrected chi connectivity index (χ1v) is 11.6. The summed E-state index contributed by atoms with van der Waals surface area (Å²) >= 11 is 1.65. The zero-order chi connectivity index (χ0) is 23.1. The summed E-state index contributed by atoms with van der Waals surface area (Å²) in [4.78, 5) is 31.4. The minimum Gasteiger partial charge on any atom is -0.496 e. The lowest BCUT2D eigenvalue weighted by Crippen LogP contribution is -2.45. The first-order chi connectivity index (χ1) is 15.4. The van der Waals surface area contributed by atoms with E-state index in [1.165, 1.54) is 5.56 Å². The molecule has 0 atom stereocenters. The van der Waals surface area contributed by atoms with Crippen molar-refractivity contribution in [1.29, 1.82) is 0 Å². The molecular formula is C26H30N2O3S. The smallest absolute Gasteiger partial charge is 0.258 e. The minimum absolute atomic E-state index is 0.00576. The molecule has 0 saturated heterocycles. The van der Waals surface area contributed by atoms with Gasteiger partial charge in [0.2, 0.25) is 5.91 Å². The topological polar surface area (TPSA) is 49.9 Å². The molecule has 3 rings (SSSR count). The molecule has 3 aromatic rings. The van der Waals surface area contributed by atoms with Crippen LogP contribution in [0.5, 0.6) is 5.75 Å². The van der Waals surface area contributed by atoms with Gasteiger partial charge in [0.25, 0.3) is 5.91 Å². The van der Waals surface area contributed by atoms with Gasteiger partial charge in [0.05, 0.1) is 19.2 Å². The third-order valence-electron chi connectivity index (χ3n) is 5.40. The maximum Gasteiger partial charge on any atom is 0.258 e. The molecule has 32 heavy (non-hydrogen) atoms. The van der Waals surface area contributed by atoms with Crippen LogP contribution in [-0.4, -0.2) is 41.3 Å². The van der Waals surface area contributed by atoms with Crippen LogP contribution in [0.4, 0.5) is 0 Å². The van der Waals surface area contributed by atoms with E-state index in [0.29, 0.717) is 24.4 Å². The fourth-order valence-corrected chi connectivity index (χ4v) is 4.41. The Balaban J connectivity index is 1.84. The largest absolute Gasteiger partial charge is 0.496 e. The van der Waals surface area contributed by atoms with Crippen molar-refractivity contribution < 1.29 is 14.3 Å². The van der Waals surface area contributed by atoms with Crippen LogP contribution in [0.1, 0.15) is 40.2 Å². The van der Waals surface area contributed by atoms with E-state index >= 15 is 0 Å². The maximum atomic E-state index is 13.5. The van der Waals surface area contributed by atoms with Crippen molar-refractivity contribution in [2.75, 3.05) is 13.7 Å². The standard InChI is InChI=1S/C26H30N2O3S/c1-19(2)28(26(30)22-12-8-9-13-23(22)31-4)18-25(29)27(16-21-10-6-5-7-11-21)17-24-20(3)14-15-32-24/h5-15,19H,16-18H2,1-4H3. The summed E-state index contributed by atoms with van der Waals surface area (Å²) in [6.45, 7) is 6.92. The third kappa shape index (κ3) is 5.77. The van der Waals surface area contributed by atoms with Crippen LogP contribution in [0.15, 0.2) is 66.0 Å². The Morgan fingerprint density at radius 3 is 2.28 bits per heavy atom. The summed E-state index contributed by atoms with van der Waals surface area (Å²) in [6, 6.07) is 19.0. The van der Waals surface area contributed by atoms with Gasteiger partial charge in [0.15, 0.2) is 0 Å². The van der Waals surface area contributed by atoms with E-state index in [-0.39, 0.29) is 24.4 Å². The molecule has 6 heteroatoms. The number of nitrogens with zero attached hydrogens (tertiary/aromatic N) is 2. The molecule has 0 bridgehead atoms. The predicted molar refractivity (Wildman–Crippen MR) is 129 cm³/mol. The second kappa shape index (κ2) is 11.0. The highest BCUT2D eigenvalue weighted by Crippen LogP contribution is 2.22. The lowest BCUT2D eigenvalue weighted by atomic mass is 10.1. The molecule has 0 fully saturated rings. The average molecular weight is 451 g/mol. The van der Waals surface area contributed by atoms with Crippen LogP contribution in [0.25, 0.3) is 0 Å². The molecule has 0 radical (unpaired) electrons. The van der Waals surface area contributed by atoms with E-state index < -0.39 is 0 Å². The number of para-hydroxylation sites is 1. The summed E-state index contributed by atoms with van der Waals surface area (Å²) < 4.78 is 5.37. The van der Waals surface area contributed by atoms with Crippen molar-refractivity contribution in [3.05, 3.63) is 87.6 Å². The van der Waals surface area contributed by atoms with Crippen LogP contribution in [0.2, 0.25) is 0 Å². The number of hydrogen-bond donors (Lipinski definition) is 0. The van der Waals surface area contributed by atoms with Crippen molar-refractivity contribution in [1.82, 2.24) is 9.80 Å². The van der Waals surface area contributed by atoms with Crippen molar-refractivity contribution in [3.8, 4) is 5.75 Å². The fourth-order valence-electron chi connectivity index (χ4n) is 3.49. The van der Waals surface area contributed by atoms with Crippen LogP contribution in [-0.2, 0) is 17.9 Å². The molecule has 0 spiro atoms. The van der Waals surface area contributed by atoms with Crippen LogP contribution in [0, 0.1) is 6.92 Å². The number of rotatable bonds is 9. The minimum atomic E-state index is -0.210.